The molecule has 0 fully saturated rings. The van der Waals surface area contributed by atoms with Gasteiger partial charge < -0.3 is 10.6 Å². The zero-order valence-corrected chi connectivity index (χ0v) is 13.5. The van der Waals surface area contributed by atoms with Gasteiger partial charge in [-0.25, -0.2) is 4.39 Å². The van der Waals surface area contributed by atoms with Crippen molar-refractivity contribution in [2.24, 2.45) is 0 Å². The van der Waals surface area contributed by atoms with E-state index in [1.54, 1.807) is 30.3 Å². The summed E-state index contributed by atoms with van der Waals surface area (Å²) in [7, 11) is 0. The lowest BCUT2D eigenvalue weighted by Crippen LogP contribution is -2.30. The van der Waals surface area contributed by atoms with Crippen LogP contribution in [0, 0.1) is 15.9 Å². The summed E-state index contributed by atoms with van der Waals surface area (Å²) in [5.41, 5.74) is 0.759. The Morgan fingerprint density at radius 3 is 2.50 bits per heavy atom. The molecule has 0 radical (unpaired) electrons. The van der Waals surface area contributed by atoms with Crippen LogP contribution in [0.15, 0.2) is 53.4 Å². The molecule has 0 spiro atoms. The Morgan fingerprint density at radius 2 is 1.83 bits per heavy atom. The molecule has 0 heterocycles. The molecule has 2 rings (SSSR count). The van der Waals surface area contributed by atoms with E-state index in [-0.39, 0.29) is 23.2 Å². The Kier molecular flexibility index (Phi) is 6.56. The summed E-state index contributed by atoms with van der Waals surface area (Å²) in [6, 6.07) is 12.3. The van der Waals surface area contributed by atoms with Crippen LogP contribution in [-0.2, 0) is 4.79 Å². The molecule has 0 aromatic heterocycles. The Bertz CT molecular complexity index is 710. The first-order valence-electron chi connectivity index (χ1n) is 7.18. The zero-order chi connectivity index (χ0) is 17.4. The highest BCUT2D eigenvalue weighted by atomic mass is 32.2. The molecule has 0 atom stereocenters. The summed E-state index contributed by atoms with van der Waals surface area (Å²) < 4.78 is 13.4. The summed E-state index contributed by atoms with van der Waals surface area (Å²) in [5.74, 6) is -0.387. The normalized spacial score (nSPS) is 10.2. The van der Waals surface area contributed by atoms with E-state index in [9.17, 15) is 19.3 Å². The van der Waals surface area contributed by atoms with E-state index >= 15 is 0 Å². The molecule has 0 aliphatic carbocycles. The molecule has 0 saturated heterocycles. The third kappa shape index (κ3) is 5.54. The van der Waals surface area contributed by atoms with Crippen LogP contribution < -0.4 is 10.6 Å². The van der Waals surface area contributed by atoms with E-state index < -0.39 is 4.92 Å². The largest absolute Gasteiger partial charge is 0.383 e. The molecule has 8 heteroatoms. The van der Waals surface area contributed by atoms with Crippen LogP contribution >= 0.6 is 11.8 Å². The van der Waals surface area contributed by atoms with E-state index in [0.29, 0.717) is 18.0 Å². The van der Waals surface area contributed by atoms with Crippen LogP contribution in [0.25, 0.3) is 0 Å². The number of thioether (sulfide) groups is 1. The Morgan fingerprint density at radius 1 is 1.12 bits per heavy atom. The topological polar surface area (TPSA) is 84.3 Å². The minimum absolute atomic E-state index is 0.0269. The molecule has 0 saturated carbocycles. The second kappa shape index (κ2) is 8.88. The summed E-state index contributed by atoms with van der Waals surface area (Å²) in [4.78, 5) is 22.2. The highest BCUT2D eigenvalue weighted by Gasteiger charge is 2.06. The van der Waals surface area contributed by atoms with Crippen LogP contribution in [0.5, 0.6) is 0 Å². The minimum atomic E-state index is -0.461. The number of nitro benzene ring substituents is 1. The second-order valence-corrected chi connectivity index (χ2v) is 5.82. The molecule has 0 unspecified atom stereocenters. The number of nitrogens with one attached hydrogen (secondary N) is 2. The molecule has 2 aromatic rings. The van der Waals surface area contributed by atoms with Crippen molar-refractivity contribution < 1.29 is 14.1 Å². The van der Waals surface area contributed by atoms with Crippen molar-refractivity contribution in [3.8, 4) is 0 Å². The fourth-order valence-electron chi connectivity index (χ4n) is 1.87. The van der Waals surface area contributed by atoms with Crippen LogP contribution in [0.3, 0.4) is 0 Å². The van der Waals surface area contributed by atoms with Gasteiger partial charge in [0.2, 0.25) is 5.91 Å². The maximum Gasteiger partial charge on any atom is 0.269 e. The number of nitrogens with zero attached hydrogens (tertiary/aromatic N) is 1. The average Bonchev–Trinajstić information content (AvgIpc) is 2.58. The number of halogens is 1. The fourth-order valence-corrected chi connectivity index (χ4v) is 2.64. The summed E-state index contributed by atoms with van der Waals surface area (Å²) in [6.07, 6.45) is 0. The van der Waals surface area contributed by atoms with Crippen molar-refractivity contribution in [2.75, 3.05) is 24.2 Å². The lowest BCUT2D eigenvalue weighted by molar-refractivity contribution is -0.384. The number of non-ortho nitro benzene ring substituents is 1. The Hall–Kier alpha value is -2.61. The van der Waals surface area contributed by atoms with Crippen LogP contribution in [0.1, 0.15) is 0 Å². The van der Waals surface area contributed by atoms with Gasteiger partial charge in [-0.1, -0.05) is 12.1 Å². The van der Waals surface area contributed by atoms with Gasteiger partial charge in [0.15, 0.2) is 0 Å². The first-order chi connectivity index (χ1) is 11.6. The average molecular weight is 349 g/mol. The summed E-state index contributed by atoms with van der Waals surface area (Å²) in [6.45, 7) is 0.877. The van der Waals surface area contributed by atoms with Gasteiger partial charge in [-0.3, -0.25) is 14.9 Å². The van der Waals surface area contributed by atoms with Gasteiger partial charge in [0.1, 0.15) is 5.82 Å². The molecule has 24 heavy (non-hydrogen) atoms. The molecule has 0 aliphatic rings. The number of rotatable bonds is 8. The van der Waals surface area contributed by atoms with E-state index in [2.05, 4.69) is 10.6 Å². The van der Waals surface area contributed by atoms with Crippen molar-refractivity contribution in [2.45, 2.75) is 4.90 Å². The highest BCUT2D eigenvalue weighted by molar-refractivity contribution is 8.00. The van der Waals surface area contributed by atoms with Crippen molar-refractivity contribution in [3.05, 3.63) is 64.5 Å². The van der Waals surface area contributed by atoms with Gasteiger partial charge in [-0.15, -0.1) is 11.8 Å². The maximum atomic E-state index is 13.4. The summed E-state index contributed by atoms with van der Waals surface area (Å²) >= 11 is 1.14. The standard InChI is InChI=1S/C16H16FN3O3S/c17-14-3-1-2-4-15(14)24-11-16(21)19-10-9-18-12-5-7-13(8-6-12)20(22)23/h1-8,18H,9-11H2,(H,19,21). The van der Waals surface area contributed by atoms with Crippen molar-refractivity contribution in [1.82, 2.24) is 5.32 Å². The molecule has 2 N–H and O–H groups in total. The number of carbonyl (C=O) groups excluding carboxylic acids is 1. The number of benzene rings is 2. The number of amides is 1. The fraction of sp³-hybridized carbons (Fsp3) is 0.188. The predicted octanol–water partition coefficient (Wildman–Crippen LogP) is 3.05. The monoisotopic (exact) mass is 349 g/mol. The smallest absolute Gasteiger partial charge is 0.269 e. The molecule has 126 valence electrons. The van der Waals surface area contributed by atoms with E-state index in [0.717, 1.165) is 17.4 Å². The number of carbonyl (C=O) groups is 1. The molecular formula is C16H16FN3O3S. The first kappa shape index (κ1) is 17.7. The van der Waals surface area contributed by atoms with Gasteiger partial charge in [0.25, 0.3) is 5.69 Å². The Balaban J connectivity index is 1.65. The third-order valence-corrected chi connectivity index (χ3v) is 4.10. The molecular weight excluding hydrogens is 333 g/mol. The van der Waals surface area contributed by atoms with Gasteiger partial charge in [0.05, 0.1) is 10.7 Å². The van der Waals surface area contributed by atoms with Gasteiger partial charge in [0, 0.05) is 35.8 Å². The molecule has 6 nitrogen and oxygen atoms in total. The van der Waals surface area contributed by atoms with Crippen molar-refractivity contribution in [3.63, 3.8) is 0 Å². The predicted molar refractivity (Wildman–Crippen MR) is 91.7 cm³/mol. The quantitative estimate of drug-likeness (QED) is 0.331. The van der Waals surface area contributed by atoms with E-state index in [1.807, 2.05) is 0 Å². The Labute approximate surface area is 142 Å². The maximum absolute atomic E-state index is 13.4. The number of hydrogen-bond donors (Lipinski definition) is 2. The summed E-state index contributed by atoms with van der Waals surface area (Å²) in [5, 5.41) is 16.3. The number of hydrogen-bond acceptors (Lipinski definition) is 5. The number of anilines is 1. The molecule has 0 bridgehead atoms. The molecule has 2 aromatic carbocycles. The van der Waals surface area contributed by atoms with E-state index in [1.165, 1.54) is 18.2 Å². The lowest BCUT2D eigenvalue weighted by Gasteiger charge is -2.08. The van der Waals surface area contributed by atoms with Crippen LogP contribution in [0.4, 0.5) is 15.8 Å². The van der Waals surface area contributed by atoms with Crippen LogP contribution in [-0.4, -0.2) is 29.7 Å². The SMILES string of the molecule is O=C(CSc1ccccc1F)NCCNc1ccc([N+](=O)[O-])cc1. The third-order valence-electron chi connectivity index (χ3n) is 3.05. The van der Waals surface area contributed by atoms with Crippen molar-refractivity contribution in [1.29, 1.82) is 0 Å². The number of nitro groups is 1. The van der Waals surface area contributed by atoms with E-state index in [4.69, 9.17) is 0 Å². The minimum Gasteiger partial charge on any atom is -0.383 e. The molecule has 0 aliphatic heterocycles. The van der Waals surface area contributed by atoms with Crippen LogP contribution in [0.2, 0.25) is 0 Å². The van der Waals surface area contributed by atoms with Crippen molar-refractivity contribution >= 4 is 29.0 Å². The second-order valence-electron chi connectivity index (χ2n) is 4.80. The lowest BCUT2D eigenvalue weighted by atomic mass is 10.3. The highest BCUT2D eigenvalue weighted by Crippen LogP contribution is 2.20. The van der Waals surface area contributed by atoms with Gasteiger partial charge >= 0.3 is 0 Å². The first-order valence-corrected chi connectivity index (χ1v) is 8.17. The van der Waals surface area contributed by atoms with Gasteiger partial charge in [-0.05, 0) is 24.3 Å². The van der Waals surface area contributed by atoms with Gasteiger partial charge in [-0.2, -0.15) is 0 Å². The zero-order valence-electron chi connectivity index (χ0n) is 12.7. The molecule has 1 amide bonds.